The molecule has 0 atom stereocenters. The predicted molar refractivity (Wildman–Crippen MR) is 62.8 cm³/mol. The third-order valence-corrected chi connectivity index (χ3v) is 2.48. The van der Waals surface area contributed by atoms with Crippen molar-refractivity contribution in [3.8, 4) is 0 Å². The summed E-state index contributed by atoms with van der Waals surface area (Å²) in [6.07, 6.45) is 0. The number of carbonyl (C=O) groups is 1. The van der Waals surface area contributed by atoms with Crippen molar-refractivity contribution >= 4 is 46.7 Å². The second-order valence-corrected chi connectivity index (χ2v) is 4.31. The first-order valence-corrected chi connectivity index (χ1v) is 5.33. The van der Waals surface area contributed by atoms with Crippen LogP contribution in [0.3, 0.4) is 0 Å². The number of carbonyl (C=O) groups excluding carboxylic acids is 1. The predicted octanol–water partition coefficient (Wildman–Crippen LogP) is 3.29. The lowest BCUT2D eigenvalue weighted by Crippen LogP contribution is -2.05. The molecule has 1 aromatic carbocycles. The summed E-state index contributed by atoms with van der Waals surface area (Å²) in [4.78, 5) is 15.2. The van der Waals surface area contributed by atoms with Crippen LogP contribution in [0.4, 0.5) is 0 Å². The van der Waals surface area contributed by atoms with Crippen molar-refractivity contribution in [2.24, 2.45) is 4.99 Å². The van der Waals surface area contributed by atoms with Crippen molar-refractivity contribution in [1.29, 1.82) is 0 Å². The van der Waals surface area contributed by atoms with Crippen molar-refractivity contribution < 1.29 is 9.53 Å². The maximum Gasteiger partial charge on any atom is 0.366 e. The van der Waals surface area contributed by atoms with Gasteiger partial charge in [0.25, 0.3) is 0 Å². The van der Waals surface area contributed by atoms with E-state index in [4.69, 9.17) is 39.5 Å². The number of halogens is 3. The SMILES string of the molecule is O=C1OC(c2ccc(Cl)cc2)=NC1=C(Cl)Cl. The average Bonchev–Trinajstić information content (AvgIpc) is 2.61. The molecule has 0 N–H and O–H groups in total. The summed E-state index contributed by atoms with van der Waals surface area (Å²) in [6, 6.07) is 6.69. The second-order valence-electron chi connectivity index (χ2n) is 2.92. The largest absolute Gasteiger partial charge is 0.402 e. The van der Waals surface area contributed by atoms with E-state index in [2.05, 4.69) is 4.99 Å². The minimum atomic E-state index is -0.662. The Bertz CT molecular complexity index is 501. The van der Waals surface area contributed by atoms with Crippen LogP contribution in [0, 0.1) is 0 Å². The fourth-order valence-corrected chi connectivity index (χ4v) is 1.51. The first-order chi connectivity index (χ1) is 7.58. The number of hydrogen-bond acceptors (Lipinski definition) is 3. The zero-order valence-electron chi connectivity index (χ0n) is 7.71. The fourth-order valence-electron chi connectivity index (χ4n) is 1.14. The van der Waals surface area contributed by atoms with E-state index < -0.39 is 5.97 Å². The summed E-state index contributed by atoms with van der Waals surface area (Å²) < 4.78 is 4.69. The van der Waals surface area contributed by atoms with Crippen LogP contribution in [0.15, 0.2) is 39.4 Å². The summed E-state index contributed by atoms with van der Waals surface area (Å²) in [5.74, 6) is -0.500. The number of nitrogens with zero attached hydrogens (tertiary/aromatic N) is 1. The zero-order chi connectivity index (χ0) is 11.7. The van der Waals surface area contributed by atoms with E-state index in [-0.39, 0.29) is 16.1 Å². The molecule has 16 heavy (non-hydrogen) atoms. The van der Waals surface area contributed by atoms with Crippen LogP contribution in [0.25, 0.3) is 0 Å². The monoisotopic (exact) mass is 275 g/mol. The quantitative estimate of drug-likeness (QED) is 0.583. The molecule has 1 aromatic rings. The van der Waals surface area contributed by atoms with Crippen molar-refractivity contribution in [2.75, 3.05) is 0 Å². The first-order valence-electron chi connectivity index (χ1n) is 4.20. The summed E-state index contributed by atoms with van der Waals surface area (Å²) >= 11 is 16.7. The van der Waals surface area contributed by atoms with Crippen LogP contribution in [0.5, 0.6) is 0 Å². The molecule has 0 saturated heterocycles. The van der Waals surface area contributed by atoms with Gasteiger partial charge in [-0.25, -0.2) is 9.79 Å². The highest BCUT2D eigenvalue weighted by molar-refractivity contribution is 6.57. The van der Waals surface area contributed by atoms with Gasteiger partial charge in [0.15, 0.2) is 5.70 Å². The van der Waals surface area contributed by atoms with Crippen LogP contribution in [-0.4, -0.2) is 11.9 Å². The standard InChI is InChI=1S/C10H4Cl3NO2/c11-6-3-1-5(2-4-6)9-14-7(8(12)13)10(15)16-9/h1-4H. The van der Waals surface area contributed by atoms with E-state index in [0.717, 1.165) is 0 Å². The molecule has 82 valence electrons. The Balaban J connectivity index is 2.38. The van der Waals surface area contributed by atoms with Crippen LogP contribution in [0.2, 0.25) is 5.02 Å². The molecule has 0 bridgehead atoms. The van der Waals surface area contributed by atoms with Gasteiger partial charge in [0.2, 0.25) is 5.90 Å². The Labute approximate surface area is 106 Å². The molecule has 3 nitrogen and oxygen atoms in total. The number of hydrogen-bond donors (Lipinski definition) is 0. The molecule has 1 aliphatic heterocycles. The molecular weight excluding hydrogens is 272 g/mol. The molecule has 0 radical (unpaired) electrons. The van der Waals surface area contributed by atoms with Gasteiger partial charge in [-0.05, 0) is 24.3 Å². The molecule has 0 unspecified atom stereocenters. The van der Waals surface area contributed by atoms with Gasteiger partial charge in [-0.2, -0.15) is 0 Å². The summed E-state index contributed by atoms with van der Waals surface area (Å²) in [5.41, 5.74) is 0.538. The fraction of sp³-hybridized carbons (Fsp3) is 0. The van der Waals surface area contributed by atoms with Gasteiger partial charge in [-0.3, -0.25) is 0 Å². The lowest BCUT2D eigenvalue weighted by molar-refractivity contribution is -0.130. The molecule has 0 aromatic heterocycles. The number of benzene rings is 1. The molecule has 0 saturated carbocycles. The van der Waals surface area contributed by atoms with Gasteiger partial charge >= 0.3 is 5.97 Å². The van der Waals surface area contributed by atoms with Crippen LogP contribution >= 0.6 is 34.8 Å². The molecule has 6 heteroatoms. The van der Waals surface area contributed by atoms with E-state index >= 15 is 0 Å². The molecule has 0 fully saturated rings. The van der Waals surface area contributed by atoms with Gasteiger partial charge in [0.05, 0.1) is 0 Å². The maximum absolute atomic E-state index is 11.3. The summed E-state index contributed by atoms with van der Waals surface area (Å²) in [7, 11) is 0. The van der Waals surface area contributed by atoms with Crippen molar-refractivity contribution in [3.05, 3.63) is 45.0 Å². The summed E-state index contributed by atoms with van der Waals surface area (Å²) in [6.45, 7) is 0. The van der Waals surface area contributed by atoms with Crippen molar-refractivity contribution in [3.63, 3.8) is 0 Å². The number of cyclic esters (lactones) is 1. The van der Waals surface area contributed by atoms with E-state index in [1.54, 1.807) is 24.3 Å². The normalized spacial score (nSPS) is 14.8. The first kappa shape index (κ1) is 11.5. The zero-order valence-corrected chi connectivity index (χ0v) is 9.97. The molecular formula is C10H4Cl3NO2. The highest BCUT2D eigenvalue weighted by atomic mass is 35.5. The van der Waals surface area contributed by atoms with Crippen LogP contribution in [0.1, 0.15) is 5.56 Å². The smallest absolute Gasteiger partial charge is 0.366 e. The van der Waals surface area contributed by atoms with Gasteiger partial charge in [0, 0.05) is 10.6 Å². The topological polar surface area (TPSA) is 38.7 Å². The summed E-state index contributed by atoms with van der Waals surface area (Å²) in [5, 5.41) is 0.583. The lowest BCUT2D eigenvalue weighted by atomic mass is 10.2. The Kier molecular flexibility index (Phi) is 3.19. The molecule has 0 amide bonds. The highest BCUT2D eigenvalue weighted by Gasteiger charge is 2.26. The number of ether oxygens (including phenoxy) is 1. The Morgan fingerprint density at radius 1 is 1.19 bits per heavy atom. The Morgan fingerprint density at radius 3 is 2.31 bits per heavy atom. The van der Waals surface area contributed by atoms with Crippen molar-refractivity contribution in [2.45, 2.75) is 0 Å². The molecule has 2 rings (SSSR count). The second kappa shape index (κ2) is 4.45. The van der Waals surface area contributed by atoms with Crippen LogP contribution < -0.4 is 0 Å². The molecule has 0 spiro atoms. The minimum Gasteiger partial charge on any atom is -0.402 e. The van der Waals surface area contributed by atoms with Gasteiger partial charge in [-0.15, -0.1) is 0 Å². The molecule has 0 aliphatic carbocycles. The third kappa shape index (κ3) is 2.21. The van der Waals surface area contributed by atoms with E-state index in [0.29, 0.717) is 10.6 Å². The maximum atomic E-state index is 11.3. The lowest BCUT2D eigenvalue weighted by Gasteiger charge is -1.98. The highest BCUT2D eigenvalue weighted by Crippen LogP contribution is 2.24. The van der Waals surface area contributed by atoms with E-state index in [1.165, 1.54) is 0 Å². The van der Waals surface area contributed by atoms with Gasteiger partial charge in [-0.1, -0.05) is 34.8 Å². The number of aliphatic imine (C=N–C) groups is 1. The Morgan fingerprint density at radius 2 is 1.81 bits per heavy atom. The third-order valence-electron chi connectivity index (χ3n) is 1.87. The molecule has 1 aliphatic rings. The van der Waals surface area contributed by atoms with Gasteiger partial charge < -0.3 is 4.74 Å². The minimum absolute atomic E-state index is 0.0896. The number of rotatable bonds is 1. The Hall–Kier alpha value is -1.03. The van der Waals surface area contributed by atoms with Crippen molar-refractivity contribution in [1.82, 2.24) is 0 Å². The van der Waals surface area contributed by atoms with E-state index in [1.807, 2.05) is 0 Å². The molecule has 1 heterocycles. The van der Waals surface area contributed by atoms with Crippen LogP contribution in [-0.2, 0) is 9.53 Å². The number of esters is 1. The van der Waals surface area contributed by atoms with Gasteiger partial charge in [0.1, 0.15) is 4.49 Å². The van der Waals surface area contributed by atoms with E-state index in [9.17, 15) is 4.79 Å². The average molecular weight is 277 g/mol.